The maximum Gasteiger partial charge on any atom is 0.0808 e. The predicted molar refractivity (Wildman–Crippen MR) is 48.5 cm³/mol. The van der Waals surface area contributed by atoms with Crippen molar-refractivity contribution in [3.63, 3.8) is 0 Å². The lowest BCUT2D eigenvalue weighted by molar-refractivity contribution is 0.0123. The average Bonchev–Trinajstić information content (AvgIpc) is 1.86. The molecule has 0 rings (SSSR count). The van der Waals surface area contributed by atoms with Gasteiger partial charge in [-0.15, -0.1) is 0 Å². The van der Waals surface area contributed by atoms with Crippen molar-refractivity contribution in [2.75, 3.05) is 7.11 Å². The third-order valence-electron chi connectivity index (χ3n) is 1.84. The van der Waals surface area contributed by atoms with E-state index in [1.165, 1.54) is 5.57 Å². The van der Waals surface area contributed by atoms with Crippen LogP contribution in [0.4, 0.5) is 0 Å². The Morgan fingerprint density at radius 3 is 2.18 bits per heavy atom. The summed E-state index contributed by atoms with van der Waals surface area (Å²) in [5, 5.41) is 0. The summed E-state index contributed by atoms with van der Waals surface area (Å²) in [6.45, 7) is 8.03. The van der Waals surface area contributed by atoms with Gasteiger partial charge in [0.05, 0.1) is 11.6 Å². The SMILES string of the molecule is COC(C)(C)C(N)C=C(C)C. The molecule has 0 aliphatic carbocycles. The number of hydrogen-bond acceptors (Lipinski definition) is 2. The van der Waals surface area contributed by atoms with Gasteiger partial charge in [-0.05, 0) is 27.7 Å². The standard InChI is InChI=1S/C9H19NO/c1-7(2)6-8(10)9(3,4)11-5/h6,8H,10H2,1-5H3. The quantitative estimate of drug-likeness (QED) is 0.633. The second-order valence-electron chi connectivity index (χ2n) is 3.58. The number of nitrogens with two attached hydrogens (primary N) is 1. The molecule has 0 bridgehead atoms. The van der Waals surface area contributed by atoms with Crippen molar-refractivity contribution in [3.8, 4) is 0 Å². The van der Waals surface area contributed by atoms with Crippen LogP contribution in [0, 0.1) is 0 Å². The Balaban J connectivity index is 4.24. The molecule has 66 valence electrons. The Morgan fingerprint density at radius 1 is 1.45 bits per heavy atom. The zero-order valence-electron chi connectivity index (χ0n) is 8.14. The van der Waals surface area contributed by atoms with Gasteiger partial charge >= 0.3 is 0 Å². The smallest absolute Gasteiger partial charge is 0.0808 e. The summed E-state index contributed by atoms with van der Waals surface area (Å²) in [4.78, 5) is 0. The minimum Gasteiger partial charge on any atom is -0.377 e. The fourth-order valence-corrected chi connectivity index (χ4v) is 0.696. The monoisotopic (exact) mass is 157 g/mol. The highest BCUT2D eigenvalue weighted by Gasteiger charge is 2.23. The van der Waals surface area contributed by atoms with Gasteiger partial charge in [0.15, 0.2) is 0 Å². The summed E-state index contributed by atoms with van der Waals surface area (Å²) >= 11 is 0. The normalized spacial score (nSPS) is 14.4. The number of hydrogen-bond donors (Lipinski definition) is 1. The van der Waals surface area contributed by atoms with Crippen molar-refractivity contribution >= 4 is 0 Å². The minimum atomic E-state index is -0.267. The largest absolute Gasteiger partial charge is 0.377 e. The molecule has 0 aromatic rings. The molecule has 2 nitrogen and oxygen atoms in total. The Labute approximate surface area is 69.4 Å². The Kier molecular flexibility index (Phi) is 3.76. The molecule has 0 fully saturated rings. The number of ether oxygens (including phenoxy) is 1. The van der Waals surface area contributed by atoms with Crippen LogP contribution in [-0.2, 0) is 4.74 Å². The lowest BCUT2D eigenvalue weighted by Gasteiger charge is -2.28. The number of methoxy groups -OCH3 is 1. The lowest BCUT2D eigenvalue weighted by Crippen LogP contribution is -2.43. The third kappa shape index (κ3) is 3.54. The summed E-state index contributed by atoms with van der Waals surface area (Å²) in [6, 6.07) is -0.0301. The van der Waals surface area contributed by atoms with Crippen molar-refractivity contribution in [2.24, 2.45) is 5.73 Å². The Morgan fingerprint density at radius 2 is 1.91 bits per heavy atom. The molecular weight excluding hydrogens is 138 g/mol. The predicted octanol–water partition coefficient (Wildman–Crippen LogP) is 1.70. The van der Waals surface area contributed by atoms with E-state index in [1.54, 1.807) is 7.11 Å². The van der Waals surface area contributed by atoms with Crippen LogP contribution in [-0.4, -0.2) is 18.8 Å². The van der Waals surface area contributed by atoms with E-state index in [0.29, 0.717) is 0 Å². The fraction of sp³-hybridized carbons (Fsp3) is 0.778. The molecule has 11 heavy (non-hydrogen) atoms. The van der Waals surface area contributed by atoms with Crippen LogP contribution in [0.15, 0.2) is 11.6 Å². The molecule has 0 spiro atoms. The van der Waals surface area contributed by atoms with Gasteiger partial charge in [0.2, 0.25) is 0 Å². The molecule has 0 aliphatic heterocycles. The highest BCUT2D eigenvalue weighted by molar-refractivity contribution is 5.05. The van der Waals surface area contributed by atoms with Crippen molar-refractivity contribution < 1.29 is 4.74 Å². The topological polar surface area (TPSA) is 35.2 Å². The summed E-state index contributed by atoms with van der Waals surface area (Å²) in [7, 11) is 1.68. The van der Waals surface area contributed by atoms with Crippen molar-refractivity contribution in [3.05, 3.63) is 11.6 Å². The first kappa shape index (κ1) is 10.7. The van der Waals surface area contributed by atoms with Crippen LogP contribution in [0.1, 0.15) is 27.7 Å². The molecule has 0 aliphatic rings. The van der Waals surface area contributed by atoms with E-state index in [1.807, 2.05) is 33.8 Å². The van der Waals surface area contributed by atoms with Gasteiger partial charge in [-0.25, -0.2) is 0 Å². The molecular formula is C9H19NO. The van der Waals surface area contributed by atoms with Crippen LogP contribution < -0.4 is 5.73 Å². The van der Waals surface area contributed by atoms with E-state index < -0.39 is 0 Å². The van der Waals surface area contributed by atoms with Crippen molar-refractivity contribution in [1.29, 1.82) is 0 Å². The second kappa shape index (κ2) is 3.88. The molecule has 0 aromatic heterocycles. The second-order valence-corrected chi connectivity index (χ2v) is 3.58. The first-order valence-electron chi connectivity index (χ1n) is 3.86. The Bertz CT molecular complexity index is 146. The van der Waals surface area contributed by atoms with Gasteiger partial charge in [0.1, 0.15) is 0 Å². The maximum atomic E-state index is 5.86. The molecule has 0 amide bonds. The molecule has 0 aromatic carbocycles. The molecule has 2 N–H and O–H groups in total. The molecule has 0 heterocycles. The highest BCUT2D eigenvalue weighted by Crippen LogP contribution is 2.13. The number of allylic oxidation sites excluding steroid dienone is 1. The van der Waals surface area contributed by atoms with Crippen molar-refractivity contribution in [1.82, 2.24) is 0 Å². The first-order chi connectivity index (χ1) is 4.90. The van der Waals surface area contributed by atoms with E-state index >= 15 is 0 Å². The van der Waals surface area contributed by atoms with Crippen LogP contribution in [0.3, 0.4) is 0 Å². The zero-order valence-corrected chi connectivity index (χ0v) is 8.14. The summed E-state index contributed by atoms with van der Waals surface area (Å²) in [6.07, 6.45) is 2.02. The van der Waals surface area contributed by atoms with E-state index in [-0.39, 0.29) is 11.6 Å². The fourth-order valence-electron chi connectivity index (χ4n) is 0.696. The zero-order chi connectivity index (χ0) is 9.07. The molecule has 0 saturated carbocycles. The van der Waals surface area contributed by atoms with Crippen LogP contribution in [0.2, 0.25) is 0 Å². The van der Waals surface area contributed by atoms with E-state index in [2.05, 4.69) is 0 Å². The van der Waals surface area contributed by atoms with Gasteiger partial charge in [0.25, 0.3) is 0 Å². The summed E-state index contributed by atoms with van der Waals surface area (Å²) < 4.78 is 5.23. The van der Waals surface area contributed by atoms with Crippen LogP contribution in [0.5, 0.6) is 0 Å². The van der Waals surface area contributed by atoms with Gasteiger partial charge in [-0.1, -0.05) is 11.6 Å². The summed E-state index contributed by atoms with van der Waals surface area (Å²) in [5.41, 5.74) is 6.82. The van der Waals surface area contributed by atoms with E-state index in [4.69, 9.17) is 10.5 Å². The lowest BCUT2D eigenvalue weighted by atomic mass is 9.98. The highest BCUT2D eigenvalue weighted by atomic mass is 16.5. The molecule has 0 saturated heterocycles. The molecule has 0 radical (unpaired) electrons. The average molecular weight is 157 g/mol. The first-order valence-corrected chi connectivity index (χ1v) is 3.86. The van der Waals surface area contributed by atoms with Gasteiger partial charge in [0, 0.05) is 7.11 Å². The molecule has 1 atom stereocenters. The Hall–Kier alpha value is -0.340. The van der Waals surface area contributed by atoms with E-state index in [0.717, 1.165) is 0 Å². The maximum absolute atomic E-state index is 5.86. The third-order valence-corrected chi connectivity index (χ3v) is 1.84. The van der Waals surface area contributed by atoms with Crippen LogP contribution in [0.25, 0.3) is 0 Å². The minimum absolute atomic E-state index is 0.0301. The summed E-state index contributed by atoms with van der Waals surface area (Å²) in [5.74, 6) is 0. The molecule has 2 heteroatoms. The van der Waals surface area contributed by atoms with E-state index in [9.17, 15) is 0 Å². The van der Waals surface area contributed by atoms with Gasteiger partial charge in [-0.3, -0.25) is 0 Å². The van der Waals surface area contributed by atoms with Crippen LogP contribution >= 0.6 is 0 Å². The van der Waals surface area contributed by atoms with Crippen molar-refractivity contribution in [2.45, 2.75) is 39.3 Å². The van der Waals surface area contributed by atoms with Gasteiger partial charge in [-0.2, -0.15) is 0 Å². The van der Waals surface area contributed by atoms with Gasteiger partial charge < -0.3 is 10.5 Å². The molecule has 1 unspecified atom stereocenters. The number of rotatable bonds is 3.